The lowest BCUT2D eigenvalue weighted by molar-refractivity contribution is -0.896. The fourth-order valence-electron chi connectivity index (χ4n) is 3.06. The first kappa shape index (κ1) is 8.60. The molecule has 0 aromatic heterocycles. The molecular formula is C11H20NS+. The summed E-state index contributed by atoms with van der Waals surface area (Å²) in [5.41, 5.74) is 0. The van der Waals surface area contributed by atoms with Crippen molar-refractivity contribution in [2.45, 2.75) is 47.6 Å². The van der Waals surface area contributed by atoms with E-state index >= 15 is 0 Å². The molecule has 1 atom stereocenters. The predicted octanol–water partition coefficient (Wildman–Crippen LogP) is 2.26. The van der Waals surface area contributed by atoms with Crippen molar-refractivity contribution in [2.24, 2.45) is 0 Å². The van der Waals surface area contributed by atoms with Crippen molar-refractivity contribution in [3.05, 3.63) is 0 Å². The maximum Gasteiger partial charge on any atom is 0.105 e. The molecule has 3 rings (SSSR count). The lowest BCUT2D eigenvalue weighted by Crippen LogP contribution is -2.49. The molecule has 1 nitrogen and oxygen atoms in total. The summed E-state index contributed by atoms with van der Waals surface area (Å²) in [4.78, 5) is 0. The standard InChI is InChI=1S/C11H20NS/c1-12(2,3)9-8-10(4-5-10)13-11(9)6-7-11/h9H,4-8H2,1-3H3/q+1. The molecule has 0 N–H and O–H groups in total. The van der Waals surface area contributed by atoms with Gasteiger partial charge in [0.1, 0.15) is 6.04 Å². The maximum atomic E-state index is 2.38. The van der Waals surface area contributed by atoms with E-state index in [1.54, 1.807) is 0 Å². The van der Waals surface area contributed by atoms with Crippen molar-refractivity contribution >= 4 is 11.8 Å². The first-order chi connectivity index (χ1) is 5.96. The van der Waals surface area contributed by atoms with Crippen LogP contribution in [0.4, 0.5) is 0 Å². The Hall–Kier alpha value is 0.310. The van der Waals surface area contributed by atoms with Gasteiger partial charge in [0.05, 0.1) is 25.9 Å². The van der Waals surface area contributed by atoms with Crippen LogP contribution < -0.4 is 0 Å². The monoisotopic (exact) mass is 198 g/mol. The van der Waals surface area contributed by atoms with Gasteiger partial charge in [-0.1, -0.05) is 0 Å². The summed E-state index contributed by atoms with van der Waals surface area (Å²) in [5, 5.41) is 0. The van der Waals surface area contributed by atoms with E-state index in [1.165, 1.54) is 36.6 Å². The summed E-state index contributed by atoms with van der Waals surface area (Å²) in [6, 6.07) is 0.944. The van der Waals surface area contributed by atoms with E-state index in [2.05, 4.69) is 32.9 Å². The average molecular weight is 198 g/mol. The number of nitrogens with zero attached hydrogens (tertiary/aromatic N) is 1. The predicted molar refractivity (Wildman–Crippen MR) is 58.0 cm³/mol. The third-order valence-corrected chi connectivity index (χ3v) is 6.17. The molecule has 1 aliphatic heterocycles. The maximum absolute atomic E-state index is 2.38. The van der Waals surface area contributed by atoms with E-state index in [0.29, 0.717) is 0 Å². The number of rotatable bonds is 1. The zero-order valence-corrected chi connectivity index (χ0v) is 9.78. The fourth-order valence-corrected chi connectivity index (χ4v) is 5.31. The molecule has 3 fully saturated rings. The van der Waals surface area contributed by atoms with Gasteiger partial charge in [0.2, 0.25) is 0 Å². The molecule has 3 aliphatic rings. The minimum absolute atomic E-state index is 0.731. The smallest absolute Gasteiger partial charge is 0.105 e. The normalized spacial score (nSPS) is 38.5. The second-order valence-electron chi connectivity index (χ2n) is 6.19. The average Bonchev–Trinajstić information content (AvgIpc) is 2.79. The molecule has 2 spiro atoms. The van der Waals surface area contributed by atoms with Crippen molar-refractivity contribution < 1.29 is 4.48 Å². The van der Waals surface area contributed by atoms with Crippen LogP contribution in [0.25, 0.3) is 0 Å². The molecule has 0 radical (unpaired) electrons. The van der Waals surface area contributed by atoms with Crippen LogP contribution in [0, 0.1) is 0 Å². The molecule has 1 unspecified atom stereocenters. The Morgan fingerprint density at radius 3 is 2.00 bits per heavy atom. The van der Waals surface area contributed by atoms with Crippen LogP contribution in [0.3, 0.4) is 0 Å². The van der Waals surface area contributed by atoms with Gasteiger partial charge in [-0.05, 0) is 25.7 Å². The first-order valence-corrected chi connectivity index (χ1v) is 6.29. The quantitative estimate of drug-likeness (QED) is 0.582. The van der Waals surface area contributed by atoms with Crippen LogP contribution >= 0.6 is 11.8 Å². The van der Waals surface area contributed by atoms with Gasteiger partial charge in [-0.2, -0.15) is 0 Å². The third kappa shape index (κ3) is 1.18. The summed E-state index contributed by atoms with van der Waals surface area (Å²) in [5.74, 6) is 0. The molecular weight excluding hydrogens is 178 g/mol. The molecule has 13 heavy (non-hydrogen) atoms. The number of hydrogen-bond acceptors (Lipinski definition) is 1. The Morgan fingerprint density at radius 1 is 1.08 bits per heavy atom. The minimum Gasteiger partial charge on any atom is -0.327 e. The molecule has 2 heteroatoms. The van der Waals surface area contributed by atoms with Gasteiger partial charge in [0.15, 0.2) is 0 Å². The second-order valence-corrected chi connectivity index (χ2v) is 8.07. The highest BCUT2D eigenvalue weighted by molar-refractivity contribution is 8.02. The van der Waals surface area contributed by atoms with Crippen LogP contribution in [-0.4, -0.2) is 41.2 Å². The van der Waals surface area contributed by atoms with E-state index in [4.69, 9.17) is 0 Å². The van der Waals surface area contributed by atoms with E-state index in [-0.39, 0.29) is 0 Å². The van der Waals surface area contributed by atoms with E-state index in [9.17, 15) is 0 Å². The molecule has 2 saturated carbocycles. The Morgan fingerprint density at radius 2 is 1.69 bits per heavy atom. The van der Waals surface area contributed by atoms with Crippen molar-refractivity contribution in [2.75, 3.05) is 21.1 Å². The highest BCUT2D eigenvalue weighted by atomic mass is 32.2. The lowest BCUT2D eigenvalue weighted by atomic mass is 10.0. The summed E-state index contributed by atoms with van der Waals surface area (Å²) >= 11 is 2.37. The SMILES string of the molecule is C[N+](C)(C)C1CC2(CC2)SC12CC2. The highest BCUT2D eigenvalue weighted by Gasteiger charge is 2.69. The second kappa shape index (κ2) is 2.11. The molecule has 1 heterocycles. The van der Waals surface area contributed by atoms with Gasteiger partial charge < -0.3 is 4.48 Å². The van der Waals surface area contributed by atoms with E-state index < -0.39 is 0 Å². The van der Waals surface area contributed by atoms with Crippen LogP contribution in [-0.2, 0) is 0 Å². The molecule has 74 valence electrons. The third-order valence-electron chi connectivity index (χ3n) is 4.08. The van der Waals surface area contributed by atoms with Gasteiger partial charge in [-0.25, -0.2) is 0 Å². The van der Waals surface area contributed by atoms with Crippen molar-refractivity contribution in [3.63, 3.8) is 0 Å². The molecule has 2 aliphatic carbocycles. The Bertz CT molecular complexity index is 245. The van der Waals surface area contributed by atoms with Gasteiger partial charge in [-0.3, -0.25) is 0 Å². The van der Waals surface area contributed by atoms with Gasteiger partial charge in [-0.15, -0.1) is 11.8 Å². The number of quaternary nitrogens is 1. The van der Waals surface area contributed by atoms with E-state index in [1.807, 2.05) is 0 Å². The van der Waals surface area contributed by atoms with Gasteiger partial charge in [0.25, 0.3) is 0 Å². The van der Waals surface area contributed by atoms with Crippen molar-refractivity contribution in [3.8, 4) is 0 Å². The molecule has 0 bridgehead atoms. The zero-order chi connectivity index (χ0) is 9.32. The van der Waals surface area contributed by atoms with Crippen LogP contribution in [0.2, 0.25) is 0 Å². The number of thioether (sulfide) groups is 1. The van der Waals surface area contributed by atoms with Crippen molar-refractivity contribution in [1.82, 2.24) is 0 Å². The zero-order valence-electron chi connectivity index (χ0n) is 8.97. The van der Waals surface area contributed by atoms with Crippen LogP contribution in [0.15, 0.2) is 0 Å². The summed E-state index contributed by atoms with van der Waals surface area (Å²) in [6.45, 7) is 0. The summed E-state index contributed by atoms with van der Waals surface area (Å²) in [7, 11) is 7.14. The van der Waals surface area contributed by atoms with Crippen LogP contribution in [0.5, 0.6) is 0 Å². The Kier molecular flexibility index (Phi) is 1.40. The molecule has 0 aromatic rings. The van der Waals surface area contributed by atoms with Crippen molar-refractivity contribution in [1.29, 1.82) is 0 Å². The summed E-state index contributed by atoms with van der Waals surface area (Å²) in [6.07, 6.45) is 7.52. The first-order valence-electron chi connectivity index (χ1n) is 5.47. The highest BCUT2D eigenvalue weighted by Crippen LogP contribution is 2.72. The molecule has 0 amide bonds. The molecule has 0 aromatic carbocycles. The van der Waals surface area contributed by atoms with Gasteiger partial charge >= 0.3 is 0 Å². The molecule has 1 saturated heterocycles. The van der Waals surface area contributed by atoms with Gasteiger partial charge in [0, 0.05) is 11.2 Å². The Balaban J connectivity index is 1.88. The lowest BCUT2D eigenvalue weighted by Gasteiger charge is -2.35. The Labute approximate surface area is 85.5 Å². The van der Waals surface area contributed by atoms with E-state index in [0.717, 1.165) is 15.5 Å². The summed E-state index contributed by atoms with van der Waals surface area (Å²) < 4.78 is 2.69. The van der Waals surface area contributed by atoms with Crippen LogP contribution in [0.1, 0.15) is 32.1 Å². The largest absolute Gasteiger partial charge is 0.327 e. The number of hydrogen-bond donors (Lipinski definition) is 0. The topological polar surface area (TPSA) is 0 Å². The minimum atomic E-state index is 0.731. The fraction of sp³-hybridized carbons (Fsp3) is 1.00.